The van der Waals surface area contributed by atoms with E-state index in [9.17, 15) is 0 Å². The average molecular weight is 244 g/mol. The monoisotopic (exact) mass is 244 g/mol. The summed E-state index contributed by atoms with van der Waals surface area (Å²) >= 11 is 0. The molecule has 1 N–H and O–H groups in total. The van der Waals surface area contributed by atoms with Crippen LogP contribution in [0.1, 0.15) is 22.3 Å². The normalized spacial score (nSPS) is 8.56. The van der Waals surface area contributed by atoms with Gasteiger partial charge in [-0.15, -0.1) is 0 Å². The number of aliphatic hydroxyl groups excluding tert-OH is 1. The van der Waals surface area contributed by atoms with E-state index in [1.54, 1.807) is 0 Å². The molecule has 0 aromatic heterocycles. The maximum atomic E-state index is 7.00. The smallest absolute Gasteiger partial charge is 0.0319 e. The van der Waals surface area contributed by atoms with E-state index in [-0.39, 0.29) is 0 Å². The Morgan fingerprint density at radius 1 is 0.444 bits per heavy atom. The van der Waals surface area contributed by atoms with Crippen molar-refractivity contribution in [3.63, 3.8) is 0 Å². The Morgan fingerprint density at radius 3 is 0.667 bits per heavy atom. The van der Waals surface area contributed by atoms with E-state index < -0.39 is 0 Å². The summed E-state index contributed by atoms with van der Waals surface area (Å²) in [5.74, 6) is 0. The second-order valence-corrected chi connectivity index (χ2v) is 4.31. The third kappa shape index (κ3) is 7.64. The van der Waals surface area contributed by atoms with Gasteiger partial charge in [0.15, 0.2) is 0 Å². The van der Waals surface area contributed by atoms with Gasteiger partial charge >= 0.3 is 0 Å². The molecule has 0 unspecified atom stereocenters. The molecule has 2 aromatic carbocycles. The van der Waals surface area contributed by atoms with Gasteiger partial charge in [0, 0.05) is 7.11 Å². The molecule has 18 heavy (non-hydrogen) atoms. The first-order chi connectivity index (χ1) is 8.58. The number of aryl methyl sites for hydroxylation is 4. The zero-order valence-corrected chi connectivity index (χ0v) is 12.1. The van der Waals surface area contributed by atoms with Crippen LogP contribution in [-0.4, -0.2) is 12.2 Å². The van der Waals surface area contributed by atoms with Crippen molar-refractivity contribution < 1.29 is 5.11 Å². The molecule has 0 aliphatic heterocycles. The van der Waals surface area contributed by atoms with Gasteiger partial charge in [-0.3, -0.25) is 0 Å². The molecular formula is C17H24O. The minimum absolute atomic E-state index is 1.00. The summed E-state index contributed by atoms with van der Waals surface area (Å²) in [5.41, 5.74) is 5.32. The Bertz CT molecular complexity index is 327. The van der Waals surface area contributed by atoms with Gasteiger partial charge in [0.25, 0.3) is 0 Å². The predicted octanol–water partition coefficient (Wildman–Crippen LogP) is 4.22. The van der Waals surface area contributed by atoms with Gasteiger partial charge in [-0.1, -0.05) is 70.8 Å². The molecule has 0 radical (unpaired) electrons. The number of aliphatic hydroxyl groups is 1. The Balaban J connectivity index is 0.000000283. The third-order valence-corrected chi connectivity index (χ3v) is 2.44. The van der Waals surface area contributed by atoms with Crippen LogP contribution in [-0.2, 0) is 0 Å². The summed E-state index contributed by atoms with van der Waals surface area (Å²) in [4.78, 5) is 0. The van der Waals surface area contributed by atoms with E-state index in [2.05, 4.69) is 76.2 Å². The zero-order chi connectivity index (χ0) is 14.0. The molecular weight excluding hydrogens is 220 g/mol. The molecule has 2 rings (SSSR count). The lowest BCUT2D eigenvalue weighted by atomic mass is 10.2. The van der Waals surface area contributed by atoms with Crippen LogP contribution in [0.15, 0.2) is 48.5 Å². The molecule has 0 spiro atoms. The topological polar surface area (TPSA) is 20.2 Å². The zero-order valence-electron chi connectivity index (χ0n) is 12.1. The van der Waals surface area contributed by atoms with Crippen molar-refractivity contribution in [1.82, 2.24) is 0 Å². The minimum Gasteiger partial charge on any atom is -0.400 e. The van der Waals surface area contributed by atoms with Crippen molar-refractivity contribution in [3.05, 3.63) is 70.8 Å². The molecule has 0 atom stereocenters. The van der Waals surface area contributed by atoms with E-state index in [4.69, 9.17) is 5.11 Å². The molecule has 0 aliphatic rings. The third-order valence-electron chi connectivity index (χ3n) is 2.44. The summed E-state index contributed by atoms with van der Waals surface area (Å²) < 4.78 is 0. The number of hydrogen-bond donors (Lipinski definition) is 1. The molecule has 1 nitrogen and oxygen atoms in total. The van der Waals surface area contributed by atoms with Gasteiger partial charge in [0.2, 0.25) is 0 Å². The van der Waals surface area contributed by atoms with E-state index >= 15 is 0 Å². The maximum Gasteiger partial charge on any atom is 0.0319 e. The van der Waals surface area contributed by atoms with Gasteiger partial charge in [0.05, 0.1) is 0 Å². The highest BCUT2D eigenvalue weighted by Crippen LogP contribution is 2.00. The Labute approximate surface area is 111 Å². The number of benzene rings is 2. The van der Waals surface area contributed by atoms with Gasteiger partial charge in [-0.25, -0.2) is 0 Å². The maximum absolute atomic E-state index is 7.00. The molecule has 0 saturated carbocycles. The lowest BCUT2D eigenvalue weighted by molar-refractivity contribution is 0.399. The van der Waals surface area contributed by atoms with Crippen LogP contribution in [0.2, 0.25) is 0 Å². The molecule has 1 heteroatoms. The first kappa shape index (κ1) is 16.4. The molecule has 0 heterocycles. The van der Waals surface area contributed by atoms with Crippen LogP contribution < -0.4 is 0 Å². The average Bonchev–Trinajstić information content (AvgIpc) is 2.40. The lowest BCUT2D eigenvalue weighted by Crippen LogP contribution is -1.70. The second-order valence-electron chi connectivity index (χ2n) is 4.31. The highest BCUT2D eigenvalue weighted by molar-refractivity contribution is 5.20. The molecule has 0 fully saturated rings. The van der Waals surface area contributed by atoms with Crippen LogP contribution in [0.5, 0.6) is 0 Å². The van der Waals surface area contributed by atoms with Gasteiger partial charge in [-0.05, 0) is 27.7 Å². The van der Waals surface area contributed by atoms with E-state index in [0.717, 1.165) is 7.11 Å². The molecule has 0 saturated heterocycles. The van der Waals surface area contributed by atoms with Crippen molar-refractivity contribution in [1.29, 1.82) is 0 Å². The SMILES string of the molecule is CO.Cc1ccc(C)cc1.Cc1ccc(C)cc1. The summed E-state index contributed by atoms with van der Waals surface area (Å²) in [6.07, 6.45) is 0. The van der Waals surface area contributed by atoms with Crippen LogP contribution in [0.3, 0.4) is 0 Å². The lowest BCUT2D eigenvalue weighted by Gasteiger charge is -1.90. The van der Waals surface area contributed by atoms with E-state index in [1.807, 2.05) is 0 Å². The fourth-order valence-electron chi connectivity index (χ4n) is 1.27. The predicted molar refractivity (Wildman–Crippen MR) is 80.0 cm³/mol. The molecule has 0 amide bonds. The van der Waals surface area contributed by atoms with Crippen molar-refractivity contribution in [2.75, 3.05) is 7.11 Å². The van der Waals surface area contributed by atoms with Crippen molar-refractivity contribution in [2.24, 2.45) is 0 Å². The van der Waals surface area contributed by atoms with E-state index in [1.165, 1.54) is 22.3 Å². The fourth-order valence-corrected chi connectivity index (χ4v) is 1.27. The molecule has 2 aromatic rings. The quantitative estimate of drug-likeness (QED) is 0.736. The van der Waals surface area contributed by atoms with Crippen LogP contribution in [0.25, 0.3) is 0 Å². The Morgan fingerprint density at radius 2 is 0.556 bits per heavy atom. The van der Waals surface area contributed by atoms with Crippen LogP contribution in [0.4, 0.5) is 0 Å². The Kier molecular flexibility index (Phi) is 8.59. The second kappa shape index (κ2) is 9.43. The first-order valence-electron chi connectivity index (χ1n) is 6.09. The fraction of sp³-hybridized carbons (Fsp3) is 0.294. The standard InChI is InChI=1S/2C8H10.CH4O/c2*1-7-3-5-8(2)6-4-7;1-2/h2*3-6H,1-2H3;2H,1H3. The highest BCUT2D eigenvalue weighted by Gasteiger charge is 1.80. The number of rotatable bonds is 0. The molecule has 98 valence electrons. The first-order valence-corrected chi connectivity index (χ1v) is 6.09. The van der Waals surface area contributed by atoms with Crippen LogP contribution in [0, 0.1) is 27.7 Å². The summed E-state index contributed by atoms with van der Waals surface area (Å²) in [6, 6.07) is 17.0. The summed E-state index contributed by atoms with van der Waals surface area (Å²) in [6.45, 7) is 8.39. The number of hydrogen-bond acceptors (Lipinski definition) is 1. The molecule has 0 bridgehead atoms. The van der Waals surface area contributed by atoms with Gasteiger partial charge < -0.3 is 5.11 Å². The highest BCUT2D eigenvalue weighted by atomic mass is 16.2. The largest absolute Gasteiger partial charge is 0.400 e. The Hall–Kier alpha value is -1.60. The minimum atomic E-state index is 1.00. The van der Waals surface area contributed by atoms with Crippen LogP contribution >= 0.6 is 0 Å². The van der Waals surface area contributed by atoms with Gasteiger partial charge in [0.1, 0.15) is 0 Å². The summed E-state index contributed by atoms with van der Waals surface area (Å²) in [5, 5.41) is 7.00. The van der Waals surface area contributed by atoms with Crippen molar-refractivity contribution >= 4 is 0 Å². The summed E-state index contributed by atoms with van der Waals surface area (Å²) in [7, 11) is 1.00. The van der Waals surface area contributed by atoms with Crippen molar-refractivity contribution in [3.8, 4) is 0 Å². The van der Waals surface area contributed by atoms with Gasteiger partial charge in [-0.2, -0.15) is 0 Å². The molecule has 0 aliphatic carbocycles. The van der Waals surface area contributed by atoms with Crippen molar-refractivity contribution in [2.45, 2.75) is 27.7 Å². The van der Waals surface area contributed by atoms with E-state index in [0.29, 0.717) is 0 Å².